The van der Waals surface area contributed by atoms with Crippen LogP contribution in [0.5, 0.6) is 0 Å². The van der Waals surface area contributed by atoms with Gasteiger partial charge in [-0.1, -0.05) is 17.7 Å². The van der Waals surface area contributed by atoms with E-state index in [1.807, 2.05) is 31.2 Å². The van der Waals surface area contributed by atoms with Gasteiger partial charge in [0.2, 0.25) is 11.8 Å². The molecule has 1 N–H and O–H groups in total. The summed E-state index contributed by atoms with van der Waals surface area (Å²) >= 11 is 0. The van der Waals surface area contributed by atoms with Gasteiger partial charge >= 0.3 is 6.18 Å². The molecular weight excluding hydrogens is 361 g/mol. The number of aromatic nitrogens is 2. The monoisotopic (exact) mass is 380 g/mol. The van der Waals surface area contributed by atoms with Crippen molar-refractivity contribution < 1.29 is 22.8 Å². The zero-order chi connectivity index (χ0) is 19.8. The molecule has 1 aromatic heterocycles. The topological polar surface area (TPSA) is 67.2 Å². The zero-order valence-corrected chi connectivity index (χ0v) is 14.9. The predicted molar refractivity (Wildman–Crippen MR) is 92.4 cm³/mol. The molecule has 6 nitrogen and oxygen atoms in total. The summed E-state index contributed by atoms with van der Waals surface area (Å²) in [5.41, 5.74) is 2.49. The molecule has 1 unspecified atom stereocenters. The van der Waals surface area contributed by atoms with Gasteiger partial charge in [-0.15, -0.1) is 0 Å². The second-order valence-electron chi connectivity index (χ2n) is 6.70. The minimum Gasteiger partial charge on any atom is -0.333 e. The summed E-state index contributed by atoms with van der Waals surface area (Å²) in [5.74, 6) is -1.60. The van der Waals surface area contributed by atoms with E-state index in [-0.39, 0.29) is 13.0 Å². The van der Waals surface area contributed by atoms with Crippen LogP contribution in [0.2, 0.25) is 0 Å². The van der Waals surface area contributed by atoms with Crippen molar-refractivity contribution in [3.05, 3.63) is 41.6 Å². The summed E-state index contributed by atoms with van der Waals surface area (Å²) in [6, 6.07) is 9.18. The van der Waals surface area contributed by atoms with E-state index < -0.39 is 30.5 Å². The molecule has 9 heteroatoms. The van der Waals surface area contributed by atoms with E-state index >= 15 is 0 Å². The van der Waals surface area contributed by atoms with E-state index in [1.165, 1.54) is 0 Å². The summed E-state index contributed by atoms with van der Waals surface area (Å²) in [7, 11) is 0. The number of amides is 2. The Kier molecular flexibility index (Phi) is 4.95. The minimum atomic E-state index is -4.48. The number of halogens is 3. The Morgan fingerprint density at radius 1 is 1.26 bits per heavy atom. The number of carbonyl (C=O) groups excluding carboxylic acids is 2. The van der Waals surface area contributed by atoms with Gasteiger partial charge in [0.25, 0.3) is 0 Å². The molecule has 1 aliphatic heterocycles. The third-order valence-electron chi connectivity index (χ3n) is 4.32. The molecule has 1 aromatic carbocycles. The fourth-order valence-corrected chi connectivity index (χ4v) is 3.02. The lowest BCUT2D eigenvalue weighted by Gasteiger charge is -2.18. The maximum Gasteiger partial charge on any atom is 0.406 e. The van der Waals surface area contributed by atoms with Gasteiger partial charge in [-0.3, -0.25) is 9.59 Å². The quantitative estimate of drug-likeness (QED) is 0.887. The second-order valence-corrected chi connectivity index (χ2v) is 6.70. The zero-order valence-electron chi connectivity index (χ0n) is 14.9. The first-order valence-electron chi connectivity index (χ1n) is 8.41. The van der Waals surface area contributed by atoms with Crippen molar-refractivity contribution in [3.8, 4) is 5.69 Å². The van der Waals surface area contributed by atoms with Crippen molar-refractivity contribution in [3.63, 3.8) is 0 Å². The van der Waals surface area contributed by atoms with Crippen LogP contribution in [0.1, 0.15) is 17.7 Å². The lowest BCUT2D eigenvalue weighted by Crippen LogP contribution is -2.36. The molecule has 1 aliphatic rings. The van der Waals surface area contributed by atoms with Gasteiger partial charge < -0.3 is 10.2 Å². The molecule has 0 radical (unpaired) electrons. The van der Waals surface area contributed by atoms with E-state index in [1.54, 1.807) is 17.7 Å². The molecule has 2 aromatic rings. The van der Waals surface area contributed by atoms with Crippen LogP contribution in [0, 0.1) is 19.8 Å². The van der Waals surface area contributed by atoms with Crippen molar-refractivity contribution in [2.45, 2.75) is 26.4 Å². The van der Waals surface area contributed by atoms with Crippen LogP contribution in [-0.2, 0) is 9.59 Å². The van der Waals surface area contributed by atoms with Crippen LogP contribution in [0.3, 0.4) is 0 Å². The van der Waals surface area contributed by atoms with Gasteiger partial charge in [0.1, 0.15) is 12.4 Å². The van der Waals surface area contributed by atoms with Crippen molar-refractivity contribution in [1.82, 2.24) is 14.7 Å². The van der Waals surface area contributed by atoms with Gasteiger partial charge in [0.15, 0.2) is 0 Å². The number of anilines is 1. The predicted octanol–water partition coefficient (Wildman–Crippen LogP) is 2.84. The number of aryl methyl sites for hydroxylation is 2. The lowest BCUT2D eigenvalue weighted by atomic mass is 10.1. The molecule has 2 heterocycles. The molecule has 0 saturated carbocycles. The first kappa shape index (κ1) is 18.9. The van der Waals surface area contributed by atoms with Gasteiger partial charge in [-0.25, -0.2) is 4.68 Å². The average molecular weight is 380 g/mol. The fraction of sp³-hybridized carbons (Fsp3) is 0.389. The SMILES string of the molecule is Cc1ccc(-n2nc(C)cc2NC(=O)C2CC(=O)N(CC(F)(F)F)C2)cc1. The molecule has 0 aliphatic carbocycles. The number of carbonyl (C=O) groups is 2. The van der Waals surface area contributed by atoms with Crippen molar-refractivity contribution in [2.75, 3.05) is 18.4 Å². The second kappa shape index (κ2) is 7.05. The molecule has 0 bridgehead atoms. The van der Waals surface area contributed by atoms with E-state index in [2.05, 4.69) is 10.4 Å². The Balaban J connectivity index is 1.74. The smallest absolute Gasteiger partial charge is 0.333 e. The summed E-state index contributed by atoms with van der Waals surface area (Å²) in [6.45, 7) is 2.13. The van der Waals surface area contributed by atoms with E-state index in [9.17, 15) is 22.8 Å². The van der Waals surface area contributed by atoms with E-state index in [0.717, 1.165) is 11.3 Å². The normalized spacial score (nSPS) is 17.4. The maximum absolute atomic E-state index is 12.5. The van der Waals surface area contributed by atoms with Crippen LogP contribution in [0.15, 0.2) is 30.3 Å². The third kappa shape index (κ3) is 4.47. The number of likely N-dealkylation sites (tertiary alicyclic amines) is 1. The number of rotatable bonds is 4. The van der Waals surface area contributed by atoms with Gasteiger partial charge in [0.05, 0.1) is 17.3 Å². The number of benzene rings is 1. The molecule has 2 amide bonds. The Morgan fingerprint density at radius 2 is 1.93 bits per heavy atom. The van der Waals surface area contributed by atoms with Crippen LogP contribution in [-0.4, -0.2) is 45.8 Å². The fourth-order valence-electron chi connectivity index (χ4n) is 3.02. The molecular formula is C18H19F3N4O2. The summed E-state index contributed by atoms with van der Waals surface area (Å²) in [4.78, 5) is 25.0. The molecule has 1 saturated heterocycles. The highest BCUT2D eigenvalue weighted by Gasteiger charge is 2.40. The van der Waals surface area contributed by atoms with Gasteiger partial charge in [-0.2, -0.15) is 18.3 Å². The van der Waals surface area contributed by atoms with Crippen molar-refractivity contribution in [2.24, 2.45) is 5.92 Å². The average Bonchev–Trinajstić information content (AvgIpc) is 3.10. The van der Waals surface area contributed by atoms with Crippen molar-refractivity contribution in [1.29, 1.82) is 0 Å². The Hall–Kier alpha value is -2.84. The molecule has 144 valence electrons. The first-order chi connectivity index (χ1) is 12.6. The Bertz CT molecular complexity index is 858. The van der Waals surface area contributed by atoms with Crippen LogP contribution >= 0.6 is 0 Å². The molecule has 1 fully saturated rings. The summed E-state index contributed by atoms with van der Waals surface area (Å²) < 4.78 is 39.1. The molecule has 1 atom stereocenters. The van der Waals surface area contributed by atoms with Crippen LogP contribution in [0.4, 0.5) is 19.0 Å². The number of alkyl halides is 3. The van der Waals surface area contributed by atoms with Crippen molar-refractivity contribution >= 4 is 17.6 Å². The Morgan fingerprint density at radius 3 is 2.56 bits per heavy atom. The number of nitrogens with one attached hydrogen (secondary N) is 1. The van der Waals surface area contributed by atoms with Gasteiger partial charge in [-0.05, 0) is 26.0 Å². The van der Waals surface area contributed by atoms with E-state index in [0.29, 0.717) is 16.4 Å². The third-order valence-corrected chi connectivity index (χ3v) is 4.32. The highest BCUT2D eigenvalue weighted by Crippen LogP contribution is 2.25. The maximum atomic E-state index is 12.5. The highest BCUT2D eigenvalue weighted by atomic mass is 19.4. The number of hydrogen-bond donors (Lipinski definition) is 1. The summed E-state index contributed by atoms with van der Waals surface area (Å²) in [6.07, 6.45) is -4.72. The van der Waals surface area contributed by atoms with Crippen LogP contribution < -0.4 is 5.32 Å². The molecule has 3 rings (SSSR count). The molecule has 27 heavy (non-hydrogen) atoms. The van der Waals surface area contributed by atoms with Gasteiger partial charge in [0, 0.05) is 19.0 Å². The summed E-state index contributed by atoms with van der Waals surface area (Å²) in [5, 5.41) is 7.04. The first-order valence-corrected chi connectivity index (χ1v) is 8.41. The molecule has 0 spiro atoms. The standard InChI is InChI=1S/C18H19F3N4O2/c1-11-3-5-14(6-4-11)25-15(7-12(2)23-25)22-17(27)13-8-16(26)24(9-13)10-18(19,20)21/h3-7,13H,8-10H2,1-2H3,(H,22,27). The van der Waals surface area contributed by atoms with E-state index in [4.69, 9.17) is 0 Å². The number of nitrogens with zero attached hydrogens (tertiary/aromatic N) is 3. The lowest BCUT2D eigenvalue weighted by molar-refractivity contribution is -0.157. The largest absolute Gasteiger partial charge is 0.406 e. The highest BCUT2D eigenvalue weighted by molar-refractivity contribution is 5.96. The minimum absolute atomic E-state index is 0.237. The Labute approximate surface area is 154 Å². The number of hydrogen-bond acceptors (Lipinski definition) is 3. The van der Waals surface area contributed by atoms with Crippen LogP contribution in [0.25, 0.3) is 5.69 Å².